The van der Waals surface area contributed by atoms with Crippen LogP contribution in [0.2, 0.25) is 0 Å². The topological polar surface area (TPSA) is 76.7 Å². The maximum atomic E-state index is 13.0. The van der Waals surface area contributed by atoms with E-state index in [9.17, 15) is 9.59 Å². The molecule has 4 saturated carbocycles. The molecule has 0 spiro atoms. The van der Waals surface area contributed by atoms with Crippen molar-refractivity contribution < 1.29 is 19.1 Å². The molecule has 0 saturated heterocycles. The van der Waals surface area contributed by atoms with Gasteiger partial charge in [0, 0.05) is 5.41 Å². The Hall–Kier alpha value is -2.24. The number of carbonyl (C=O) groups is 2. The van der Waals surface area contributed by atoms with Crippen molar-refractivity contribution in [3.63, 3.8) is 0 Å². The van der Waals surface area contributed by atoms with Crippen LogP contribution in [0.15, 0.2) is 18.2 Å². The number of fused-ring (bicyclic) bond motifs is 1. The summed E-state index contributed by atoms with van der Waals surface area (Å²) in [5, 5.41) is 5.91. The molecule has 1 aromatic rings. The van der Waals surface area contributed by atoms with Crippen molar-refractivity contribution in [2.75, 3.05) is 13.3 Å². The molecule has 2 N–H and O–H groups in total. The van der Waals surface area contributed by atoms with Gasteiger partial charge in [0.1, 0.15) is 0 Å². The molecule has 150 valence electrons. The third-order valence-electron chi connectivity index (χ3n) is 7.20. The van der Waals surface area contributed by atoms with Gasteiger partial charge in [-0.1, -0.05) is 6.07 Å². The second-order valence-electron chi connectivity index (χ2n) is 9.28. The normalized spacial score (nSPS) is 32.8. The lowest BCUT2D eigenvalue weighted by Crippen LogP contribution is -2.54. The van der Waals surface area contributed by atoms with Crippen molar-refractivity contribution in [3.05, 3.63) is 23.8 Å². The van der Waals surface area contributed by atoms with E-state index in [4.69, 9.17) is 9.47 Å². The van der Waals surface area contributed by atoms with Crippen molar-refractivity contribution in [3.8, 4) is 11.5 Å². The predicted octanol–water partition coefficient (Wildman–Crippen LogP) is 2.93. The maximum Gasteiger partial charge on any atom is 0.239 e. The van der Waals surface area contributed by atoms with Gasteiger partial charge in [-0.2, -0.15) is 0 Å². The standard InChI is InChI=1S/C22H28N2O4/c1-13(17-2-3-18-19(7-17)28-12-27-18)24-20(25)11-23-21(26)22-8-14-4-15(9-22)6-16(5-14)10-22/h2-3,7,13-16H,4-6,8-12H2,1H3,(H,23,26)(H,24,25). The summed E-state index contributed by atoms with van der Waals surface area (Å²) < 4.78 is 10.7. The molecule has 4 aliphatic carbocycles. The quantitative estimate of drug-likeness (QED) is 0.818. The molecule has 1 heterocycles. The van der Waals surface area contributed by atoms with E-state index in [0.717, 1.165) is 48.3 Å². The van der Waals surface area contributed by atoms with Crippen LogP contribution >= 0.6 is 0 Å². The van der Waals surface area contributed by atoms with Crippen molar-refractivity contribution in [1.29, 1.82) is 0 Å². The first-order valence-electron chi connectivity index (χ1n) is 10.5. The van der Waals surface area contributed by atoms with Crippen LogP contribution < -0.4 is 20.1 Å². The first-order valence-corrected chi connectivity index (χ1v) is 10.5. The lowest BCUT2D eigenvalue weighted by Gasteiger charge is -2.55. The lowest BCUT2D eigenvalue weighted by atomic mass is 9.49. The molecule has 6 nitrogen and oxygen atoms in total. The largest absolute Gasteiger partial charge is 0.454 e. The highest BCUT2D eigenvalue weighted by molar-refractivity contribution is 5.88. The van der Waals surface area contributed by atoms with Crippen molar-refractivity contribution in [2.24, 2.45) is 23.2 Å². The van der Waals surface area contributed by atoms with Crippen molar-refractivity contribution >= 4 is 11.8 Å². The van der Waals surface area contributed by atoms with E-state index in [1.807, 2.05) is 25.1 Å². The molecule has 4 bridgehead atoms. The minimum absolute atomic E-state index is 0.0372. The summed E-state index contributed by atoms with van der Waals surface area (Å²) in [5.74, 6) is 3.52. The smallest absolute Gasteiger partial charge is 0.239 e. The molecule has 28 heavy (non-hydrogen) atoms. The zero-order chi connectivity index (χ0) is 19.3. The van der Waals surface area contributed by atoms with Gasteiger partial charge in [-0.25, -0.2) is 0 Å². The summed E-state index contributed by atoms with van der Waals surface area (Å²) in [6.45, 7) is 2.20. The predicted molar refractivity (Wildman–Crippen MR) is 103 cm³/mol. The van der Waals surface area contributed by atoms with E-state index in [0.29, 0.717) is 5.75 Å². The Bertz CT molecular complexity index is 770. The Morgan fingerprint density at radius 2 is 1.71 bits per heavy atom. The zero-order valence-electron chi connectivity index (χ0n) is 16.3. The van der Waals surface area contributed by atoms with Crippen LogP contribution in [0.3, 0.4) is 0 Å². The molecule has 1 atom stereocenters. The van der Waals surface area contributed by atoms with Gasteiger partial charge in [0.15, 0.2) is 11.5 Å². The average Bonchev–Trinajstić information content (AvgIpc) is 3.12. The molecular formula is C22H28N2O4. The second kappa shape index (κ2) is 6.68. The van der Waals surface area contributed by atoms with E-state index in [1.165, 1.54) is 19.3 Å². The number of hydrogen-bond acceptors (Lipinski definition) is 4. The summed E-state index contributed by atoms with van der Waals surface area (Å²) in [5.41, 5.74) is 0.739. The summed E-state index contributed by atoms with van der Waals surface area (Å²) in [7, 11) is 0. The van der Waals surface area contributed by atoms with Crippen LogP contribution in [0.25, 0.3) is 0 Å². The first kappa shape index (κ1) is 17.8. The molecule has 6 heteroatoms. The molecule has 1 unspecified atom stereocenters. The highest BCUT2D eigenvalue weighted by Gasteiger charge is 2.54. The third-order valence-corrected chi connectivity index (χ3v) is 7.20. The second-order valence-corrected chi connectivity index (χ2v) is 9.28. The first-order chi connectivity index (χ1) is 13.5. The zero-order valence-corrected chi connectivity index (χ0v) is 16.3. The monoisotopic (exact) mass is 384 g/mol. The van der Waals surface area contributed by atoms with Gasteiger partial charge in [-0.15, -0.1) is 0 Å². The average molecular weight is 384 g/mol. The van der Waals surface area contributed by atoms with Gasteiger partial charge in [0.25, 0.3) is 0 Å². The molecule has 6 rings (SSSR count). The van der Waals surface area contributed by atoms with E-state index < -0.39 is 0 Å². The number of rotatable bonds is 5. The molecular weight excluding hydrogens is 356 g/mol. The third kappa shape index (κ3) is 3.12. The summed E-state index contributed by atoms with van der Waals surface area (Å²) in [6, 6.07) is 5.50. The lowest BCUT2D eigenvalue weighted by molar-refractivity contribution is -0.147. The Morgan fingerprint density at radius 3 is 2.39 bits per heavy atom. The minimum Gasteiger partial charge on any atom is -0.454 e. The van der Waals surface area contributed by atoms with Gasteiger partial charge in [0.2, 0.25) is 18.6 Å². The minimum atomic E-state index is -0.210. The highest BCUT2D eigenvalue weighted by Crippen LogP contribution is 2.60. The number of carbonyl (C=O) groups excluding carboxylic acids is 2. The number of hydrogen-bond donors (Lipinski definition) is 2. The molecule has 2 amide bonds. The van der Waals surface area contributed by atoms with Crippen LogP contribution in [0.4, 0.5) is 0 Å². The van der Waals surface area contributed by atoms with E-state index in [2.05, 4.69) is 10.6 Å². The maximum absolute atomic E-state index is 13.0. The Labute approximate surface area is 165 Å². The summed E-state index contributed by atoms with van der Waals surface area (Å²) in [4.78, 5) is 25.4. The number of ether oxygens (including phenoxy) is 2. The van der Waals surface area contributed by atoms with Crippen LogP contribution in [0.5, 0.6) is 11.5 Å². The van der Waals surface area contributed by atoms with E-state index in [1.54, 1.807) is 0 Å². The van der Waals surface area contributed by atoms with Gasteiger partial charge >= 0.3 is 0 Å². The van der Waals surface area contributed by atoms with Gasteiger partial charge in [0.05, 0.1) is 12.6 Å². The SMILES string of the molecule is CC(NC(=O)CNC(=O)C12CC3CC(CC(C3)C1)C2)c1ccc2c(c1)OCO2. The number of amides is 2. The molecule has 0 radical (unpaired) electrons. The van der Waals surface area contributed by atoms with Crippen LogP contribution in [0.1, 0.15) is 57.1 Å². The molecule has 4 fully saturated rings. The van der Waals surface area contributed by atoms with E-state index >= 15 is 0 Å². The van der Waals surface area contributed by atoms with Crippen LogP contribution in [-0.2, 0) is 9.59 Å². The number of nitrogens with one attached hydrogen (secondary N) is 2. The van der Waals surface area contributed by atoms with Gasteiger partial charge in [-0.05, 0) is 80.9 Å². The number of benzene rings is 1. The summed E-state index contributed by atoms with van der Waals surface area (Å²) in [6.07, 6.45) is 6.96. The molecule has 0 aromatic heterocycles. The molecule has 1 aromatic carbocycles. The molecule has 1 aliphatic heterocycles. The fourth-order valence-electron chi connectivity index (χ4n) is 6.30. The fraction of sp³-hybridized carbons (Fsp3) is 0.636. The Kier molecular flexibility index (Phi) is 4.25. The van der Waals surface area contributed by atoms with E-state index in [-0.39, 0.29) is 36.6 Å². The highest BCUT2D eigenvalue weighted by atomic mass is 16.7. The van der Waals surface area contributed by atoms with Crippen LogP contribution in [0, 0.1) is 23.2 Å². The Morgan fingerprint density at radius 1 is 1.07 bits per heavy atom. The fourth-order valence-corrected chi connectivity index (χ4v) is 6.30. The Balaban J connectivity index is 1.16. The van der Waals surface area contributed by atoms with Gasteiger partial charge in [-0.3, -0.25) is 9.59 Å². The molecule has 5 aliphatic rings. The van der Waals surface area contributed by atoms with Crippen molar-refractivity contribution in [1.82, 2.24) is 10.6 Å². The van der Waals surface area contributed by atoms with Crippen LogP contribution in [-0.4, -0.2) is 25.2 Å². The summed E-state index contributed by atoms with van der Waals surface area (Å²) >= 11 is 0. The van der Waals surface area contributed by atoms with Crippen molar-refractivity contribution in [2.45, 2.75) is 51.5 Å². The van der Waals surface area contributed by atoms with Gasteiger partial charge < -0.3 is 20.1 Å².